The normalized spacial score (nSPS) is 12.6. The van der Waals surface area contributed by atoms with Crippen molar-refractivity contribution in [2.45, 2.75) is 39.4 Å². The van der Waals surface area contributed by atoms with Gasteiger partial charge >= 0.3 is 0 Å². The third kappa shape index (κ3) is 3.88. The Balaban J connectivity index is 1.96. The molecule has 4 nitrogen and oxygen atoms in total. The zero-order valence-corrected chi connectivity index (χ0v) is 12.9. The highest BCUT2D eigenvalue weighted by molar-refractivity contribution is 9.10. The molecule has 0 bridgehead atoms. The lowest BCUT2D eigenvalue weighted by Gasteiger charge is -2.14. The molecule has 0 amide bonds. The predicted molar refractivity (Wildman–Crippen MR) is 79.7 cm³/mol. The van der Waals surface area contributed by atoms with Crippen LogP contribution in [0.3, 0.4) is 0 Å². The Morgan fingerprint density at radius 1 is 1.42 bits per heavy atom. The first-order valence-electron chi connectivity index (χ1n) is 6.56. The third-order valence-corrected chi connectivity index (χ3v) is 3.54. The van der Waals surface area contributed by atoms with E-state index in [0.717, 1.165) is 29.8 Å². The van der Waals surface area contributed by atoms with Crippen molar-refractivity contribution in [3.8, 4) is 0 Å². The van der Waals surface area contributed by atoms with Crippen LogP contribution in [-0.2, 0) is 13.1 Å². The van der Waals surface area contributed by atoms with E-state index < -0.39 is 0 Å². The fourth-order valence-electron chi connectivity index (χ4n) is 1.96. The van der Waals surface area contributed by atoms with Gasteiger partial charge in [-0.1, -0.05) is 35.0 Å². The summed E-state index contributed by atoms with van der Waals surface area (Å²) in [6.45, 7) is 5.95. The van der Waals surface area contributed by atoms with Crippen LogP contribution in [0, 0.1) is 0 Å². The molecule has 0 saturated carbocycles. The number of benzene rings is 1. The smallest absolute Gasteiger partial charge is 0.140 e. The van der Waals surface area contributed by atoms with Crippen LogP contribution < -0.4 is 5.32 Å². The van der Waals surface area contributed by atoms with Gasteiger partial charge in [-0.25, -0.2) is 9.67 Å². The highest BCUT2D eigenvalue weighted by atomic mass is 79.9. The SMILES string of the molecule is CCCn1ncnc1CN[C@@H](C)c1cccc(Br)c1. The van der Waals surface area contributed by atoms with Crippen molar-refractivity contribution in [1.29, 1.82) is 0 Å². The van der Waals surface area contributed by atoms with E-state index in [1.54, 1.807) is 6.33 Å². The van der Waals surface area contributed by atoms with Crippen LogP contribution in [0.5, 0.6) is 0 Å². The molecule has 0 aliphatic heterocycles. The molecule has 1 atom stereocenters. The number of aryl methyl sites for hydroxylation is 1. The largest absolute Gasteiger partial charge is 0.303 e. The van der Waals surface area contributed by atoms with Crippen molar-refractivity contribution in [1.82, 2.24) is 20.1 Å². The van der Waals surface area contributed by atoms with Gasteiger partial charge in [-0.2, -0.15) is 5.10 Å². The number of hydrogen-bond donors (Lipinski definition) is 1. The second-order valence-corrected chi connectivity index (χ2v) is 5.47. The standard InChI is InChI=1S/C14H19BrN4/c1-3-7-19-14(17-10-18-19)9-16-11(2)12-5-4-6-13(15)8-12/h4-6,8,10-11,16H,3,7,9H2,1-2H3/t11-/m0/s1. The molecule has 2 aromatic rings. The first kappa shape index (κ1) is 14.2. The lowest BCUT2D eigenvalue weighted by molar-refractivity contribution is 0.509. The fourth-order valence-corrected chi connectivity index (χ4v) is 2.38. The highest BCUT2D eigenvalue weighted by Crippen LogP contribution is 2.18. The van der Waals surface area contributed by atoms with Crippen molar-refractivity contribution < 1.29 is 0 Å². The Labute approximate surface area is 122 Å². The summed E-state index contributed by atoms with van der Waals surface area (Å²) >= 11 is 3.50. The van der Waals surface area contributed by atoms with Gasteiger partial charge in [0.1, 0.15) is 12.2 Å². The summed E-state index contributed by atoms with van der Waals surface area (Å²) in [4.78, 5) is 4.30. The van der Waals surface area contributed by atoms with Crippen LogP contribution in [0.4, 0.5) is 0 Å². The van der Waals surface area contributed by atoms with Gasteiger partial charge in [0, 0.05) is 17.1 Å². The van der Waals surface area contributed by atoms with Gasteiger partial charge in [0.2, 0.25) is 0 Å². The van der Waals surface area contributed by atoms with Gasteiger partial charge in [0.15, 0.2) is 0 Å². The van der Waals surface area contributed by atoms with E-state index >= 15 is 0 Å². The molecular formula is C14H19BrN4. The second-order valence-electron chi connectivity index (χ2n) is 4.56. The summed E-state index contributed by atoms with van der Waals surface area (Å²) in [6, 6.07) is 8.63. The van der Waals surface area contributed by atoms with Crippen molar-refractivity contribution in [3.63, 3.8) is 0 Å². The Morgan fingerprint density at radius 2 is 2.26 bits per heavy atom. The molecule has 0 spiro atoms. The van der Waals surface area contributed by atoms with Gasteiger partial charge < -0.3 is 5.32 Å². The number of rotatable bonds is 6. The summed E-state index contributed by atoms with van der Waals surface area (Å²) in [5.74, 6) is 0.990. The van der Waals surface area contributed by atoms with E-state index in [9.17, 15) is 0 Å². The van der Waals surface area contributed by atoms with E-state index in [0.29, 0.717) is 0 Å². The minimum Gasteiger partial charge on any atom is -0.303 e. The molecule has 102 valence electrons. The Morgan fingerprint density at radius 3 is 3.00 bits per heavy atom. The molecule has 0 aliphatic rings. The van der Waals surface area contributed by atoms with Crippen LogP contribution in [-0.4, -0.2) is 14.8 Å². The van der Waals surface area contributed by atoms with E-state index in [1.165, 1.54) is 5.56 Å². The monoisotopic (exact) mass is 322 g/mol. The maximum absolute atomic E-state index is 4.30. The van der Waals surface area contributed by atoms with Crippen molar-refractivity contribution in [2.24, 2.45) is 0 Å². The summed E-state index contributed by atoms with van der Waals surface area (Å²) in [5.41, 5.74) is 1.26. The van der Waals surface area contributed by atoms with Crippen LogP contribution in [0.15, 0.2) is 35.1 Å². The Bertz CT molecular complexity index is 524. The molecule has 5 heteroatoms. The van der Waals surface area contributed by atoms with Crippen molar-refractivity contribution in [2.75, 3.05) is 0 Å². The average molecular weight is 323 g/mol. The Kier molecular flexibility index (Phi) is 5.10. The summed E-state index contributed by atoms with van der Waals surface area (Å²) in [7, 11) is 0. The van der Waals surface area contributed by atoms with Crippen LogP contribution in [0.25, 0.3) is 0 Å². The maximum Gasteiger partial charge on any atom is 0.140 e. The highest BCUT2D eigenvalue weighted by Gasteiger charge is 2.08. The molecule has 0 fully saturated rings. The molecule has 1 aromatic heterocycles. The molecule has 0 unspecified atom stereocenters. The summed E-state index contributed by atoms with van der Waals surface area (Å²) in [5, 5.41) is 7.71. The van der Waals surface area contributed by atoms with Gasteiger partial charge in [-0.05, 0) is 31.0 Å². The van der Waals surface area contributed by atoms with Crippen LogP contribution in [0.2, 0.25) is 0 Å². The Hall–Kier alpha value is -1.20. The maximum atomic E-state index is 4.30. The van der Waals surface area contributed by atoms with E-state index in [1.807, 2.05) is 10.7 Å². The van der Waals surface area contributed by atoms with Gasteiger partial charge in [0.05, 0.1) is 6.54 Å². The average Bonchev–Trinajstić information content (AvgIpc) is 2.84. The van der Waals surface area contributed by atoms with Crippen LogP contribution >= 0.6 is 15.9 Å². The second kappa shape index (κ2) is 6.82. The minimum atomic E-state index is 0.282. The van der Waals surface area contributed by atoms with Crippen molar-refractivity contribution in [3.05, 3.63) is 46.5 Å². The zero-order valence-electron chi connectivity index (χ0n) is 11.3. The fraction of sp³-hybridized carbons (Fsp3) is 0.429. The molecule has 0 radical (unpaired) electrons. The molecule has 1 heterocycles. The molecule has 1 N–H and O–H groups in total. The molecule has 0 aliphatic carbocycles. The lowest BCUT2D eigenvalue weighted by atomic mass is 10.1. The minimum absolute atomic E-state index is 0.282. The summed E-state index contributed by atoms with van der Waals surface area (Å²) in [6.07, 6.45) is 2.69. The summed E-state index contributed by atoms with van der Waals surface area (Å²) < 4.78 is 3.06. The molecule has 1 aromatic carbocycles. The van der Waals surface area contributed by atoms with E-state index in [4.69, 9.17) is 0 Å². The lowest BCUT2D eigenvalue weighted by Crippen LogP contribution is -2.21. The van der Waals surface area contributed by atoms with Crippen LogP contribution in [0.1, 0.15) is 37.7 Å². The van der Waals surface area contributed by atoms with Gasteiger partial charge in [-0.15, -0.1) is 0 Å². The number of hydrogen-bond acceptors (Lipinski definition) is 3. The van der Waals surface area contributed by atoms with E-state index in [-0.39, 0.29) is 6.04 Å². The topological polar surface area (TPSA) is 42.7 Å². The predicted octanol–water partition coefficient (Wildman–Crippen LogP) is 3.30. The number of aromatic nitrogens is 3. The molecular weight excluding hydrogens is 304 g/mol. The molecule has 2 rings (SSSR count). The first-order chi connectivity index (χ1) is 9.20. The van der Waals surface area contributed by atoms with Crippen molar-refractivity contribution >= 4 is 15.9 Å². The number of halogens is 1. The van der Waals surface area contributed by atoms with Gasteiger partial charge in [-0.3, -0.25) is 0 Å². The van der Waals surface area contributed by atoms with E-state index in [2.05, 4.69) is 63.4 Å². The first-order valence-corrected chi connectivity index (χ1v) is 7.35. The zero-order chi connectivity index (χ0) is 13.7. The van der Waals surface area contributed by atoms with Gasteiger partial charge in [0.25, 0.3) is 0 Å². The number of nitrogens with one attached hydrogen (secondary N) is 1. The third-order valence-electron chi connectivity index (χ3n) is 3.05. The quantitative estimate of drug-likeness (QED) is 0.887. The molecule has 0 saturated heterocycles. The number of nitrogens with zero attached hydrogens (tertiary/aromatic N) is 3. The molecule has 19 heavy (non-hydrogen) atoms.